The number of nitrogens with one attached hydrogen (secondary N) is 1. The van der Waals surface area contributed by atoms with Crippen molar-refractivity contribution in [2.45, 2.75) is 32.9 Å². The number of nitrogens with zero attached hydrogens (tertiary/aromatic N) is 1. The van der Waals surface area contributed by atoms with Crippen LogP contribution in [0.5, 0.6) is 5.75 Å². The van der Waals surface area contributed by atoms with E-state index in [2.05, 4.69) is 15.0 Å². The second kappa shape index (κ2) is 8.38. The molecule has 0 aliphatic rings. The first-order valence-electron chi connectivity index (χ1n) is 7.69. The number of benzene rings is 1. The van der Waals surface area contributed by atoms with Gasteiger partial charge in [-0.1, -0.05) is 32.0 Å². The third-order valence-corrected chi connectivity index (χ3v) is 3.50. The minimum atomic E-state index is -2.86. The lowest BCUT2D eigenvalue weighted by atomic mass is 10.00. The van der Waals surface area contributed by atoms with E-state index >= 15 is 0 Å². The van der Waals surface area contributed by atoms with Crippen LogP contribution in [0.15, 0.2) is 48.7 Å². The van der Waals surface area contributed by atoms with Crippen molar-refractivity contribution < 1.29 is 18.3 Å². The van der Waals surface area contributed by atoms with Crippen LogP contribution >= 0.6 is 0 Å². The van der Waals surface area contributed by atoms with Crippen LogP contribution in [-0.2, 0) is 11.2 Å². The third kappa shape index (κ3) is 5.30. The van der Waals surface area contributed by atoms with Gasteiger partial charge in [0.15, 0.2) is 0 Å². The lowest BCUT2D eigenvalue weighted by Crippen LogP contribution is -2.33. The summed E-state index contributed by atoms with van der Waals surface area (Å²) >= 11 is 0. The van der Waals surface area contributed by atoms with Crippen molar-refractivity contribution in [1.29, 1.82) is 0 Å². The van der Waals surface area contributed by atoms with Gasteiger partial charge in [-0.05, 0) is 35.7 Å². The summed E-state index contributed by atoms with van der Waals surface area (Å²) in [5, 5.41) is 2.98. The number of rotatable bonds is 7. The number of amides is 1. The Kier molecular flexibility index (Phi) is 6.23. The number of alkyl halides is 2. The zero-order chi connectivity index (χ0) is 17.5. The molecule has 1 amide bonds. The van der Waals surface area contributed by atoms with Crippen LogP contribution in [-0.4, -0.2) is 17.5 Å². The highest BCUT2D eigenvalue weighted by molar-refractivity contribution is 5.79. The maximum atomic E-state index is 12.3. The second-order valence-electron chi connectivity index (χ2n) is 5.74. The Bertz CT molecular complexity index is 646. The van der Waals surface area contributed by atoms with Gasteiger partial charge in [0.25, 0.3) is 0 Å². The molecule has 0 fully saturated rings. The molecule has 0 unspecified atom stereocenters. The molecule has 2 aromatic rings. The van der Waals surface area contributed by atoms with E-state index in [1.165, 1.54) is 12.1 Å². The Balaban J connectivity index is 1.98. The van der Waals surface area contributed by atoms with Crippen molar-refractivity contribution in [3.05, 3.63) is 59.9 Å². The molecule has 0 aliphatic carbocycles. The van der Waals surface area contributed by atoms with Crippen molar-refractivity contribution >= 4 is 5.91 Å². The summed E-state index contributed by atoms with van der Waals surface area (Å²) in [6, 6.07) is 11.4. The number of halogens is 2. The topological polar surface area (TPSA) is 51.2 Å². The molecule has 0 saturated heterocycles. The van der Waals surface area contributed by atoms with Gasteiger partial charge in [-0.25, -0.2) is 0 Å². The normalized spacial score (nSPS) is 12.2. The Hall–Kier alpha value is -2.50. The minimum Gasteiger partial charge on any atom is -0.435 e. The summed E-state index contributed by atoms with van der Waals surface area (Å²) in [5.74, 6) is 0.107. The molecule has 1 aromatic carbocycles. The molecule has 6 heteroatoms. The standard InChI is InChI=1S/C18H20F2N2O2/c1-12(2)17(15-5-3-4-10-21-15)22-16(23)11-13-6-8-14(9-7-13)24-18(19)20/h3-10,12,17-18H,11H2,1-2H3,(H,22,23)/t17-/m0/s1. The molecule has 128 valence electrons. The molecule has 2 rings (SSSR count). The van der Waals surface area contributed by atoms with Gasteiger partial charge in [0.05, 0.1) is 18.2 Å². The number of pyridine rings is 1. The molecule has 1 aromatic heterocycles. The van der Waals surface area contributed by atoms with Crippen molar-refractivity contribution in [1.82, 2.24) is 10.3 Å². The molecule has 4 nitrogen and oxygen atoms in total. The van der Waals surface area contributed by atoms with E-state index < -0.39 is 6.61 Å². The number of ether oxygens (including phenoxy) is 1. The van der Waals surface area contributed by atoms with E-state index in [9.17, 15) is 13.6 Å². The lowest BCUT2D eigenvalue weighted by Gasteiger charge is -2.22. The molecular formula is C18H20F2N2O2. The van der Waals surface area contributed by atoms with E-state index in [-0.39, 0.29) is 30.0 Å². The fourth-order valence-electron chi connectivity index (χ4n) is 2.34. The predicted molar refractivity (Wildman–Crippen MR) is 86.7 cm³/mol. The highest BCUT2D eigenvalue weighted by atomic mass is 19.3. The highest BCUT2D eigenvalue weighted by Crippen LogP contribution is 2.20. The van der Waals surface area contributed by atoms with Gasteiger partial charge in [-0.15, -0.1) is 0 Å². The van der Waals surface area contributed by atoms with Crippen LogP contribution < -0.4 is 10.1 Å². The van der Waals surface area contributed by atoms with Crippen LogP contribution in [0.2, 0.25) is 0 Å². The van der Waals surface area contributed by atoms with Crippen molar-refractivity contribution in [2.75, 3.05) is 0 Å². The van der Waals surface area contributed by atoms with Gasteiger partial charge < -0.3 is 10.1 Å². The van der Waals surface area contributed by atoms with Gasteiger partial charge in [-0.3, -0.25) is 9.78 Å². The fraction of sp³-hybridized carbons (Fsp3) is 0.333. The van der Waals surface area contributed by atoms with Crippen LogP contribution in [0.25, 0.3) is 0 Å². The van der Waals surface area contributed by atoms with Gasteiger partial charge in [0, 0.05) is 6.20 Å². The summed E-state index contributed by atoms with van der Waals surface area (Å²) in [4.78, 5) is 16.6. The monoisotopic (exact) mass is 334 g/mol. The first kappa shape index (κ1) is 17.8. The first-order chi connectivity index (χ1) is 11.5. The zero-order valence-electron chi connectivity index (χ0n) is 13.6. The number of hydrogen-bond donors (Lipinski definition) is 1. The molecule has 0 radical (unpaired) electrons. The SMILES string of the molecule is CC(C)[C@H](NC(=O)Cc1ccc(OC(F)F)cc1)c1ccccn1. The second-order valence-corrected chi connectivity index (χ2v) is 5.74. The number of carbonyl (C=O) groups excluding carboxylic acids is 1. The van der Waals surface area contributed by atoms with Gasteiger partial charge in [0.1, 0.15) is 5.75 Å². The Morgan fingerprint density at radius 2 is 1.88 bits per heavy atom. The Labute approximate surface area is 139 Å². The Morgan fingerprint density at radius 1 is 1.17 bits per heavy atom. The molecule has 0 spiro atoms. The van der Waals surface area contributed by atoms with E-state index in [4.69, 9.17) is 0 Å². The van der Waals surface area contributed by atoms with Crippen LogP contribution in [0.4, 0.5) is 8.78 Å². The first-order valence-corrected chi connectivity index (χ1v) is 7.69. The summed E-state index contributed by atoms with van der Waals surface area (Å²) in [6.07, 6.45) is 1.85. The summed E-state index contributed by atoms with van der Waals surface area (Å²) in [5.41, 5.74) is 1.53. The number of aromatic nitrogens is 1. The van der Waals surface area contributed by atoms with Gasteiger partial charge in [0.2, 0.25) is 5.91 Å². The van der Waals surface area contributed by atoms with Crippen LogP contribution in [0.3, 0.4) is 0 Å². The summed E-state index contributed by atoms with van der Waals surface area (Å²) in [6.45, 7) is 1.16. The largest absolute Gasteiger partial charge is 0.435 e. The van der Waals surface area contributed by atoms with Crippen molar-refractivity contribution in [3.63, 3.8) is 0 Å². The number of hydrogen-bond acceptors (Lipinski definition) is 3. The van der Waals surface area contributed by atoms with Crippen LogP contribution in [0, 0.1) is 5.92 Å². The number of carbonyl (C=O) groups is 1. The molecular weight excluding hydrogens is 314 g/mol. The van der Waals surface area contributed by atoms with E-state index in [0.717, 1.165) is 11.3 Å². The average molecular weight is 334 g/mol. The predicted octanol–water partition coefficient (Wildman–Crippen LogP) is 3.74. The van der Waals surface area contributed by atoms with Crippen LogP contribution in [0.1, 0.15) is 31.1 Å². The molecule has 24 heavy (non-hydrogen) atoms. The van der Waals surface area contributed by atoms with E-state index in [1.807, 2.05) is 32.0 Å². The van der Waals surface area contributed by atoms with E-state index in [1.54, 1.807) is 18.3 Å². The fourth-order valence-corrected chi connectivity index (χ4v) is 2.34. The summed E-state index contributed by atoms with van der Waals surface area (Å²) in [7, 11) is 0. The third-order valence-electron chi connectivity index (χ3n) is 3.50. The molecule has 0 bridgehead atoms. The quantitative estimate of drug-likeness (QED) is 0.839. The average Bonchev–Trinajstić information content (AvgIpc) is 2.54. The molecule has 0 saturated carbocycles. The van der Waals surface area contributed by atoms with E-state index in [0.29, 0.717) is 0 Å². The molecule has 1 atom stereocenters. The maximum absolute atomic E-state index is 12.3. The smallest absolute Gasteiger partial charge is 0.387 e. The minimum absolute atomic E-state index is 0.0719. The maximum Gasteiger partial charge on any atom is 0.387 e. The van der Waals surface area contributed by atoms with Crippen molar-refractivity contribution in [3.8, 4) is 5.75 Å². The zero-order valence-corrected chi connectivity index (χ0v) is 13.6. The van der Waals surface area contributed by atoms with Gasteiger partial charge in [-0.2, -0.15) is 8.78 Å². The molecule has 1 N–H and O–H groups in total. The highest BCUT2D eigenvalue weighted by Gasteiger charge is 2.19. The lowest BCUT2D eigenvalue weighted by molar-refractivity contribution is -0.121. The van der Waals surface area contributed by atoms with Crippen molar-refractivity contribution in [2.24, 2.45) is 5.92 Å². The van der Waals surface area contributed by atoms with Gasteiger partial charge >= 0.3 is 6.61 Å². The molecule has 1 heterocycles. The molecule has 0 aliphatic heterocycles. The summed E-state index contributed by atoms with van der Waals surface area (Å²) < 4.78 is 28.5. The Morgan fingerprint density at radius 3 is 2.42 bits per heavy atom.